The maximum Gasteiger partial charge on any atom is 0.0726 e. The molecule has 0 aromatic heterocycles. The maximum atomic E-state index is 10.3. The van der Waals surface area contributed by atoms with Crippen molar-refractivity contribution in [3.8, 4) is 44.5 Å². The number of para-hydroxylation sites is 1. The van der Waals surface area contributed by atoms with E-state index in [2.05, 4.69) is 195 Å². The zero-order valence-corrected chi connectivity index (χ0v) is 38.7. The maximum absolute atomic E-state index is 10.3. The largest absolute Gasteiger partial charge is 0.310 e. The number of benzene rings is 8. The molecule has 0 N–H and O–H groups in total. The molecule has 0 heterocycles. The Labute approximate surface area is 399 Å². The first kappa shape index (κ1) is 36.7. The van der Waals surface area contributed by atoms with Gasteiger partial charge in [-0.1, -0.05) is 172 Å². The predicted octanol–water partition coefficient (Wildman–Crippen LogP) is 17.3. The molecular formula is C66H57N. The van der Waals surface area contributed by atoms with Crippen molar-refractivity contribution >= 4 is 17.1 Å². The number of hydrogen-bond acceptors (Lipinski definition) is 1. The standard InChI is InChI=1S/C66H57N/c1-65(2)58-17-9-6-15-50(58)52-30-26-47(38-60(52)65)67(64-19-11-8-14-49(64)42-12-4-3-5-13-42)48-27-31-55-51-16-7-10-18-59(51)66(63(55)39-48)61-36-45(56-34-40-20-22-43(56)32-40)24-28-53(61)54-29-25-46(37-62(54)66)57-35-41-21-23-44(57)33-41/h3-19,24-31,36-41,43-44,56-57H,20-23,32-35H2,1-2H3/i56D,57D. The molecule has 4 bridgehead atoms. The highest BCUT2D eigenvalue weighted by molar-refractivity contribution is 5.98. The monoisotopic (exact) mass is 865 g/mol. The average Bonchev–Trinajstić information content (AvgIpc) is 4.28. The van der Waals surface area contributed by atoms with Crippen LogP contribution in [0.3, 0.4) is 0 Å². The van der Waals surface area contributed by atoms with Crippen molar-refractivity contribution in [3.05, 3.63) is 220 Å². The van der Waals surface area contributed by atoms with Crippen molar-refractivity contribution in [2.24, 2.45) is 23.7 Å². The molecule has 67 heavy (non-hydrogen) atoms. The van der Waals surface area contributed by atoms with Crippen molar-refractivity contribution in [2.45, 2.75) is 87.8 Å². The highest BCUT2D eigenvalue weighted by Gasteiger charge is 2.53. The lowest BCUT2D eigenvalue weighted by atomic mass is 9.69. The van der Waals surface area contributed by atoms with Gasteiger partial charge in [-0.2, -0.15) is 0 Å². The smallest absolute Gasteiger partial charge is 0.0726 e. The minimum atomic E-state index is -0.632. The van der Waals surface area contributed by atoms with Gasteiger partial charge in [0.05, 0.1) is 11.1 Å². The van der Waals surface area contributed by atoms with Gasteiger partial charge in [0.15, 0.2) is 0 Å². The number of nitrogens with zero attached hydrogens (tertiary/aromatic N) is 1. The first-order valence-electron chi connectivity index (χ1n) is 26.4. The summed E-state index contributed by atoms with van der Waals surface area (Å²) in [5.74, 6) is 0.980. The van der Waals surface area contributed by atoms with Crippen LogP contribution in [0, 0.1) is 23.7 Å². The van der Waals surface area contributed by atoms with Crippen molar-refractivity contribution < 1.29 is 2.74 Å². The lowest BCUT2D eigenvalue weighted by Crippen LogP contribution is -2.27. The minimum absolute atomic E-state index is 0.162. The van der Waals surface area contributed by atoms with Gasteiger partial charge in [0.2, 0.25) is 0 Å². The van der Waals surface area contributed by atoms with E-state index in [1.54, 1.807) is 0 Å². The van der Waals surface area contributed by atoms with Gasteiger partial charge in [-0.3, -0.25) is 0 Å². The summed E-state index contributed by atoms with van der Waals surface area (Å²) >= 11 is 0. The first-order valence-corrected chi connectivity index (χ1v) is 25.4. The van der Waals surface area contributed by atoms with Gasteiger partial charge in [0, 0.05) is 25.1 Å². The van der Waals surface area contributed by atoms with Crippen LogP contribution in [0.2, 0.25) is 0 Å². The highest BCUT2D eigenvalue weighted by atomic mass is 15.1. The van der Waals surface area contributed by atoms with E-state index < -0.39 is 17.2 Å². The summed E-state index contributed by atoms with van der Waals surface area (Å²) in [4.78, 5) is 2.53. The lowest BCUT2D eigenvalue weighted by Gasteiger charge is -2.34. The molecule has 0 amide bonds. The van der Waals surface area contributed by atoms with Gasteiger partial charge in [-0.05, 0) is 188 Å². The number of fused-ring (bicyclic) bond motifs is 17. The van der Waals surface area contributed by atoms with Crippen LogP contribution in [0.1, 0.15) is 124 Å². The van der Waals surface area contributed by atoms with Gasteiger partial charge in [0.1, 0.15) is 0 Å². The predicted molar refractivity (Wildman–Crippen MR) is 277 cm³/mol. The van der Waals surface area contributed by atoms with E-state index in [1.165, 1.54) is 115 Å². The van der Waals surface area contributed by atoms with E-state index in [0.717, 1.165) is 42.7 Å². The fourth-order valence-electron chi connectivity index (χ4n) is 15.3. The molecule has 6 unspecified atom stereocenters. The summed E-state index contributed by atoms with van der Waals surface area (Å²) in [6.07, 6.45) is 9.15. The zero-order valence-electron chi connectivity index (χ0n) is 40.7. The fraction of sp³-hybridized carbons (Fsp3) is 0.273. The van der Waals surface area contributed by atoms with E-state index >= 15 is 0 Å². The lowest BCUT2D eigenvalue weighted by molar-refractivity contribution is 0.419. The summed E-state index contributed by atoms with van der Waals surface area (Å²) in [5.41, 5.74) is 23.1. The molecule has 4 saturated carbocycles. The van der Waals surface area contributed by atoms with Crippen LogP contribution in [0.25, 0.3) is 44.5 Å². The molecule has 1 heteroatoms. The molecule has 6 atom stereocenters. The number of rotatable bonds is 6. The second kappa shape index (κ2) is 14.1. The third kappa shape index (κ3) is 5.32. The van der Waals surface area contributed by atoms with Gasteiger partial charge < -0.3 is 4.90 Å². The van der Waals surface area contributed by atoms with Gasteiger partial charge in [0.25, 0.3) is 0 Å². The Balaban J connectivity index is 0.998. The molecule has 1 nitrogen and oxygen atoms in total. The molecular weight excluding hydrogens is 807 g/mol. The van der Waals surface area contributed by atoms with Crippen LogP contribution >= 0.6 is 0 Å². The van der Waals surface area contributed by atoms with Crippen LogP contribution in [-0.2, 0) is 10.8 Å². The summed E-state index contributed by atoms with van der Waals surface area (Å²) in [6.45, 7) is 4.76. The van der Waals surface area contributed by atoms with E-state index in [0.29, 0.717) is 23.7 Å². The van der Waals surface area contributed by atoms with Crippen LogP contribution in [0.5, 0.6) is 0 Å². The normalized spacial score (nSPS) is 28.4. The Hall–Kier alpha value is -6.44. The molecule has 0 radical (unpaired) electrons. The molecule has 8 aromatic rings. The van der Waals surface area contributed by atoms with Crippen molar-refractivity contribution in [2.75, 3.05) is 4.90 Å². The molecule has 0 saturated heterocycles. The summed E-state index contributed by atoms with van der Waals surface area (Å²) < 4.78 is 20.5. The second-order valence-corrected chi connectivity index (χ2v) is 21.9. The molecule has 7 aliphatic carbocycles. The Bertz CT molecular complexity index is 3390. The third-order valence-electron chi connectivity index (χ3n) is 18.3. The van der Waals surface area contributed by atoms with Crippen LogP contribution in [0.4, 0.5) is 17.1 Å². The third-order valence-corrected chi connectivity index (χ3v) is 18.3. The molecule has 8 aromatic carbocycles. The van der Waals surface area contributed by atoms with Crippen molar-refractivity contribution in [1.82, 2.24) is 0 Å². The molecule has 1 spiro atoms. The van der Waals surface area contributed by atoms with E-state index in [-0.39, 0.29) is 5.41 Å². The summed E-state index contributed by atoms with van der Waals surface area (Å²) in [7, 11) is 0. The topological polar surface area (TPSA) is 3.24 Å². The van der Waals surface area contributed by atoms with Crippen molar-refractivity contribution in [1.29, 1.82) is 0 Å². The Morgan fingerprint density at radius 3 is 1.45 bits per heavy atom. The van der Waals surface area contributed by atoms with Crippen molar-refractivity contribution in [3.63, 3.8) is 0 Å². The summed E-state index contributed by atoms with van der Waals surface area (Å²) in [5, 5.41) is 0. The van der Waals surface area contributed by atoms with Gasteiger partial charge in [-0.15, -0.1) is 0 Å². The molecule has 4 fully saturated rings. The Kier molecular flexibility index (Phi) is 7.69. The number of anilines is 3. The fourth-order valence-corrected chi connectivity index (χ4v) is 15.3. The molecule has 0 aliphatic heterocycles. The Morgan fingerprint density at radius 2 is 0.866 bits per heavy atom. The molecule has 7 aliphatic rings. The Morgan fingerprint density at radius 1 is 0.403 bits per heavy atom. The van der Waals surface area contributed by atoms with Gasteiger partial charge in [-0.25, -0.2) is 0 Å². The minimum Gasteiger partial charge on any atom is -0.310 e. The van der Waals surface area contributed by atoms with E-state index in [4.69, 9.17) is 0 Å². The average molecular weight is 866 g/mol. The summed E-state index contributed by atoms with van der Waals surface area (Å²) in [6, 6.07) is 67.0. The van der Waals surface area contributed by atoms with Crippen LogP contribution in [-0.4, -0.2) is 0 Å². The van der Waals surface area contributed by atoms with Crippen LogP contribution in [0.15, 0.2) is 176 Å². The zero-order chi connectivity index (χ0) is 46.0. The SMILES string of the molecule is [2H]C1(c2ccc3c(c2)C2(c4ccccc4-c4ccc(N(c5ccc6c(c5)C(C)(C)c5ccccc5-6)c5ccccc5-c5ccccc5)cc42)c2cc(C4([2H])CC5CCC4C5)ccc2-3)CC2CCC1C2. The van der Waals surface area contributed by atoms with E-state index in [9.17, 15) is 2.74 Å². The van der Waals surface area contributed by atoms with E-state index in [1.807, 2.05) is 0 Å². The quantitative estimate of drug-likeness (QED) is 0.161. The van der Waals surface area contributed by atoms with Gasteiger partial charge >= 0.3 is 0 Å². The first-order chi connectivity index (χ1) is 33.6. The second-order valence-electron chi connectivity index (χ2n) is 21.9. The number of hydrogen-bond donors (Lipinski definition) is 0. The molecule has 326 valence electrons. The van der Waals surface area contributed by atoms with Crippen LogP contribution < -0.4 is 4.90 Å². The molecule has 15 rings (SSSR count). The highest BCUT2D eigenvalue weighted by Crippen LogP contribution is 2.66.